The lowest BCUT2D eigenvalue weighted by Gasteiger charge is -2.25. The lowest BCUT2D eigenvalue weighted by atomic mass is 10.1. The van der Waals surface area contributed by atoms with Gasteiger partial charge >= 0.3 is 11.9 Å². The standard InChI is InChI=1S/C17H18F2N2O4/c1-4-25-17(24)11-7-20-14-10(5-6-12(18)13(14)19)15(11)21(3)8-9(2)16(22)23/h5-7,9H,4,8H2,1-3H3,(H,22,23). The van der Waals surface area contributed by atoms with E-state index in [2.05, 4.69) is 4.98 Å². The normalized spacial score (nSPS) is 12.0. The fourth-order valence-electron chi connectivity index (χ4n) is 2.54. The van der Waals surface area contributed by atoms with Crippen LogP contribution < -0.4 is 4.90 Å². The molecule has 0 aliphatic rings. The van der Waals surface area contributed by atoms with Gasteiger partial charge in [0, 0.05) is 25.2 Å². The molecule has 25 heavy (non-hydrogen) atoms. The molecule has 2 rings (SSSR count). The molecule has 134 valence electrons. The summed E-state index contributed by atoms with van der Waals surface area (Å²) >= 11 is 0. The van der Waals surface area contributed by atoms with Crippen LogP contribution in [0.3, 0.4) is 0 Å². The largest absolute Gasteiger partial charge is 0.481 e. The van der Waals surface area contributed by atoms with E-state index >= 15 is 0 Å². The summed E-state index contributed by atoms with van der Waals surface area (Å²) in [6.07, 6.45) is 1.11. The Balaban J connectivity index is 2.66. The van der Waals surface area contributed by atoms with Crippen LogP contribution in [0.15, 0.2) is 18.3 Å². The first-order chi connectivity index (χ1) is 11.8. The van der Waals surface area contributed by atoms with Crippen LogP contribution in [0, 0.1) is 17.6 Å². The van der Waals surface area contributed by atoms with Gasteiger partial charge in [0.15, 0.2) is 11.6 Å². The third-order valence-corrected chi connectivity index (χ3v) is 3.75. The SMILES string of the molecule is CCOC(=O)c1cnc2c(F)c(F)ccc2c1N(C)CC(C)C(=O)O. The van der Waals surface area contributed by atoms with Crippen molar-refractivity contribution in [3.63, 3.8) is 0 Å². The van der Waals surface area contributed by atoms with Gasteiger partial charge in [0.05, 0.1) is 18.2 Å². The molecule has 8 heteroatoms. The third kappa shape index (κ3) is 3.67. The van der Waals surface area contributed by atoms with Gasteiger partial charge in [-0.25, -0.2) is 13.6 Å². The zero-order chi connectivity index (χ0) is 18.7. The first-order valence-electron chi connectivity index (χ1n) is 7.65. The van der Waals surface area contributed by atoms with Crippen molar-refractivity contribution in [2.75, 3.05) is 25.1 Å². The van der Waals surface area contributed by atoms with Gasteiger partial charge in [-0.3, -0.25) is 9.78 Å². The van der Waals surface area contributed by atoms with Crippen molar-refractivity contribution in [1.82, 2.24) is 4.98 Å². The zero-order valence-corrected chi connectivity index (χ0v) is 14.0. The first-order valence-corrected chi connectivity index (χ1v) is 7.65. The summed E-state index contributed by atoms with van der Waals surface area (Å²) in [5, 5.41) is 9.29. The van der Waals surface area contributed by atoms with Gasteiger partial charge in [0.2, 0.25) is 0 Å². The number of aliphatic carboxylic acids is 1. The number of ether oxygens (including phenoxy) is 1. The third-order valence-electron chi connectivity index (χ3n) is 3.75. The molecule has 0 aliphatic heterocycles. The Labute approximate surface area is 143 Å². The van der Waals surface area contributed by atoms with Gasteiger partial charge in [-0.1, -0.05) is 6.92 Å². The van der Waals surface area contributed by atoms with Crippen LogP contribution in [0.25, 0.3) is 10.9 Å². The minimum atomic E-state index is -1.13. The second kappa shape index (κ2) is 7.42. The summed E-state index contributed by atoms with van der Waals surface area (Å²) in [5.41, 5.74) is 0.0637. The van der Waals surface area contributed by atoms with Crippen molar-refractivity contribution >= 4 is 28.5 Å². The van der Waals surface area contributed by atoms with Crippen LogP contribution in [0.2, 0.25) is 0 Å². The summed E-state index contributed by atoms with van der Waals surface area (Å²) in [5.74, 6) is -4.62. The second-order valence-corrected chi connectivity index (χ2v) is 5.62. The van der Waals surface area contributed by atoms with Crippen LogP contribution in [0.4, 0.5) is 14.5 Å². The monoisotopic (exact) mass is 352 g/mol. The summed E-state index contributed by atoms with van der Waals surface area (Å²) in [4.78, 5) is 28.7. The molecule has 6 nitrogen and oxygen atoms in total. The van der Waals surface area contributed by atoms with Crippen molar-refractivity contribution in [2.24, 2.45) is 5.92 Å². The van der Waals surface area contributed by atoms with Crippen LogP contribution in [-0.4, -0.2) is 42.2 Å². The van der Waals surface area contributed by atoms with Gasteiger partial charge < -0.3 is 14.7 Å². The number of pyridine rings is 1. The molecule has 0 aliphatic carbocycles. The summed E-state index contributed by atoms with van der Waals surface area (Å²) in [6.45, 7) is 3.33. The molecular weight excluding hydrogens is 334 g/mol. The van der Waals surface area contributed by atoms with Crippen molar-refractivity contribution in [2.45, 2.75) is 13.8 Å². The van der Waals surface area contributed by atoms with Crippen molar-refractivity contribution in [3.05, 3.63) is 35.5 Å². The van der Waals surface area contributed by atoms with Crippen molar-refractivity contribution in [3.8, 4) is 0 Å². The molecule has 1 N–H and O–H groups in total. The molecule has 1 heterocycles. The number of carbonyl (C=O) groups is 2. The van der Waals surface area contributed by atoms with E-state index in [-0.39, 0.29) is 35.3 Å². The van der Waals surface area contributed by atoms with Crippen LogP contribution in [0.5, 0.6) is 0 Å². The summed E-state index contributed by atoms with van der Waals surface area (Å²) in [6, 6.07) is 2.24. The van der Waals surface area contributed by atoms with Crippen molar-refractivity contribution < 1.29 is 28.2 Å². The Kier molecular flexibility index (Phi) is 5.51. The fraction of sp³-hybridized carbons (Fsp3) is 0.353. The molecule has 0 spiro atoms. The van der Waals surface area contributed by atoms with Crippen LogP contribution in [0.1, 0.15) is 24.2 Å². The topological polar surface area (TPSA) is 79.7 Å². The lowest BCUT2D eigenvalue weighted by Crippen LogP contribution is -2.30. The number of esters is 1. The van der Waals surface area contributed by atoms with E-state index in [1.54, 1.807) is 14.0 Å². The average molecular weight is 352 g/mol. The number of hydrogen-bond acceptors (Lipinski definition) is 5. The number of fused-ring (bicyclic) bond motifs is 1. The number of hydrogen-bond donors (Lipinski definition) is 1. The average Bonchev–Trinajstić information content (AvgIpc) is 2.57. The molecule has 1 unspecified atom stereocenters. The van der Waals surface area contributed by atoms with Gasteiger partial charge in [-0.2, -0.15) is 0 Å². The van der Waals surface area contributed by atoms with E-state index in [1.165, 1.54) is 17.9 Å². The first kappa shape index (κ1) is 18.6. The number of aromatic nitrogens is 1. The molecule has 0 amide bonds. The van der Waals surface area contributed by atoms with Gasteiger partial charge in [0.1, 0.15) is 11.1 Å². The number of carbonyl (C=O) groups excluding carboxylic acids is 1. The molecule has 1 aromatic carbocycles. The van der Waals surface area contributed by atoms with Crippen molar-refractivity contribution in [1.29, 1.82) is 0 Å². The number of rotatable bonds is 6. The summed E-state index contributed by atoms with van der Waals surface area (Å²) < 4.78 is 32.5. The molecular formula is C17H18F2N2O4. The number of benzene rings is 1. The molecule has 0 bridgehead atoms. The Hall–Kier alpha value is -2.77. The second-order valence-electron chi connectivity index (χ2n) is 5.62. The van der Waals surface area contributed by atoms with Crippen LogP contribution >= 0.6 is 0 Å². The molecule has 1 aromatic heterocycles. The summed E-state index contributed by atoms with van der Waals surface area (Å²) in [7, 11) is 1.57. The lowest BCUT2D eigenvalue weighted by molar-refractivity contribution is -0.140. The predicted molar refractivity (Wildman–Crippen MR) is 87.7 cm³/mol. The van der Waals surface area contributed by atoms with E-state index in [4.69, 9.17) is 9.84 Å². The number of nitrogens with zero attached hydrogens (tertiary/aromatic N) is 2. The zero-order valence-electron chi connectivity index (χ0n) is 14.0. The van der Waals surface area contributed by atoms with E-state index in [0.717, 1.165) is 12.3 Å². The molecule has 0 saturated carbocycles. The minimum absolute atomic E-state index is 0.0554. The molecule has 0 saturated heterocycles. The highest BCUT2D eigenvalue weighted by molar-refractivity contribution is 6.05. The van der Waals surface area contributed by atoms with Crippen LogP contribution in [-0.2, 0) is 9.53 Å². The van der Waals surface area contributed by atoms with E-state index < -0.39 is 29.5 Å². The fourth-order valence-corrected chi connectivity index (χ4v) is 2.54. The van der Waals surface area contributed by atoms with E-state index in [1.807, 2.05) is 0 Å². The highest BCUT2D eigenvalue weighted by Gasteiger charge is 2.24. The predicted octanol–water partition coefficient (Wildman–Crippen LogP) is 2.85. The molecule has 1 atom stereocenters. The van der Waals surface area contributed by atoms with Gasteiger partial charge in [-0.05, 0) is 19.1 Å². The Morgan fingerprint density at radius 1 is 1.36 bits per heavy atom. The number of carboxylic acid groups (broad SMARTS) is 1. The highest BCUT2D eigenvalue weighted by Crippen LogP contribution is 2.32. The highest BCUT2D eigenvalue weighted by atomic mass is 19.2. The minimum Gasteiger partial charge on any atom is -0.481 e. The smallest absolute Gasteiger partial charge is 0.341 e. The Bertz CT molecular complexity index is 826. The number of carboxylic acids is 1. The molecule has 0 fully saturated rings. The van der Waals surface area contributed by atoms with E-state index in [9.17, 15) is 18.4 Å². The maximum absolute atomic E-state index is 14.0. The number of halogens is 2. The quantitative estimate of drug-likeness (QED) is 0.806. The Morgan fingerprint density at radius 2 is 2.04 bits per heavy atom. The Morgan fingerprint density at radius 3 is 2.64 bits per heavy atom. The van der Waals surface area contributed by atoms with Gasteiger partial charge in [0.25, 0.3) is 0 Å². The van der Waals surface area contributed by atoms with Gasteiger partial charge in [-0.15, -0.1) is 0 Å². The maximum Gasteiger partial charge on any atom is 0.341 e. The number of anilines is 1. The molecule has 2 aromatic rings. The maximum atomic E-state index is 14.0. The molecule has 0 radical (unpaired) electrons. The van der Waals surface area contributed by atoms with E-state index in [0.29, 0.717) is 0 Å².